The summed E-state index contributed by atoms with van der Waals surface area (Å²) in [6.07, 6.45) is -2.29. The van der Waals surface area contributed by atoms with Gasteiger partial charge in [-0.25, -0.2) is 0 Å². The van der Waals surface area contributed by atoms with E-state index in [9.17, 15) is 13.2 Å². The van der Waals surface area contributed by atoms with E-state index in [1.54, 1.807) is 17.9 Å². The van der Waals surface area contributed by atoms with Gasteiger partial charge >= 0.3 is 6.18 Å². The van der Waals surface area contributed by atoms with Crippen molar-refractivity contribution in [3.8, 4) is 0 Å². The minimum atomic E-state index is -4.11. The molecule has 1 unspecified atom stereocenters. The van der Waals surface area contributed by atoms with E-state index in [0.29, 0.717) is 6.54 Å². The normalized spacial score (nSPS) is 13.9. The van der Waals surface area contributed by atoms with Crippen LogP contribution in [0.5, 0.6) is 0 Å². The first-order valence-electron chi connectivity index (χ1n) is 6.13. The summed E-state index contributed by atoms with van der Waals surface area (Å²) in [6.45, 7) is 4.57. The fourth-order valence-electron chi connectivity index (χ4n) is 1.85. The lowest BCUT2D eigenvalue weighted by atomic mass is 10.0. The van der Waals surface area contributed by atoms with Crippen LogP contribution in [0, 0.1) is 6.92 Å². The van der Waals surface area contributed by atoms with Gasteiger partial charge in [-0.2, -0.15) is 18.3 Å². The van der Waals surface area contributed by atoms with Gasteiger partial charge in [0.2, 0.25) is 0 Å². The van der Waals surface area contributed by atoms with E-state index in [0.717, 1.165) is 17.7 Å². The van der Waals surface area contributed by atoms with Gasteiger partial charge in [0.1, 0.15) is 0 Å². The smallest absolute Gasteiger partial charge is 0.310 e. The van der Waals surface area contributed by atoms with Gasteiger partial charge in [-0.1, -0.05) is 6.92 Å². The Hall–Kier alpha value is -1.04. The van der Waals surface area contributed by atoms with E-state index in [2.05, 4.69) is 10.4 Å². The van der Waals surface area contributed by atoms with Crippen LogP contribution in [-0.2, 0) is 7.05 Å². The van der Waals surface area contributed by atoms with Gasteiger partial charge in [-0.15, -0.1) is 0 Å². The van der Waals surface area contributed by atoms with Crippen LogP contribution in [0.3, 0.4) is 0 Å². The average molecular weight is 263 g/mol. The van der Waals surface area contributed by atoms with E-state index in [4.69, 9.17) is 0 Å². The van der Waals surface area contributed by atoms with Crippen molar-refractivity contribution in [3.63, 3.8) is 0 Å². The van der Waals surface area contributed by atoms with Crippen molar-refractivity contribution in [2.75, 3.05) is 6.54 Å². The number of alkyl halides is 3. The van der Waals surface area contributed by atoms with E-state index in [-0.39, 0.29) is 12.5 Å². The van der Waals surface area contributed by atoms with Crippen molar-refractivity contribution in [1.82, 2.24) is 15.1 Å². The van der Waals surface area contributed by atoms with Crippen LogP contribution in [0.2, 0.25) is 0 Å². The van der Waals surface area contributed by atoms with Gasteiger partial charge in [0, 0.05) is 30.8 Å². The fourth-order valence-corrected chi connectivity index (χ4v) is 1.85. The van der Waals surface area contributed by atoms with E-state index in [1.807, 2.05) is 13.8 Å². The number of aryl methyl sites for hydroxylation is 1. The number of rotatable bonds is 6. The lowest BCUT2D eigenvalue weighted by Crippen LogP contribution is -2.24. The fraction of sp³-hybridized carbons (Fsp3) is 0.750. The minimum Gasteiger partial charge on any atom is -0.310 e. The zero-order valence-corrected chi connectivity index (χ0v) is 11.0. The third kappa shape index (κ3) is 4.33. The van der Waals surface area contributed by atoms with Crippen LogP contribution in [-0.4, -0.2) is 22.5 Å². The number of nitrogens with zero attached hydrogens (tertiary/aromatic N) is 2. The van der Waals surface area contributed by atoms with Crippen LogP contribution in [0.25, 0.3) is 0 Å². The largest absolute Gasteiger partial charge is 0.389 e. The molecular weight excluding hydrogens is 243 g/mol. The molecule has 18 heavy (non-hydrogen) atoms. The summed E-state index contributed by atoms with van der Waals surface area (Å²) in [5.74, 6) is 0. The molecule has 0 radical (unpaired) electrons. The first kappa shape index (κ1) is 15.0. The molecule has 1 heterocycles. The summed E-state index contributed by atoms with van der Waals surface area (Å²) in [5.41, 5.74) is 1.76. The Labute approximate surface area is 105 Å². The molecule has 1 N–H and O–H groups in total. The molecule has 1 aromatic heterocycles. The minimum absolute atomic E-state index is 0.0516. The number of halogens is 3. The maximum absolute atomic E-state index is 12.3. The highest BCUT2D eigenvalue weighted by molar-refractivity contribution is 5.20. The summed E-state index contributed by atoms with van der Waals surface area (Å²) in [7, 11) is 1.79. The highest BCUT2D eigenvalue weighted by Gasteiger charge is 2.29. The Bertz CT molecular complexity index is 371. The molecule has 1 aromatic rings. The summed E-state index contributed by atoms with van der Waals surface area (Å²) in [4.78, 5) is 0. The van der Waals surface area contributed by atoms with Crippen molar-refractivity contribution < 1.29 is 13.2 Å². The zero-order chi connectivity index (χ0) is 13.8. The van der Waals surface area contributed by atoms with Crippen LogP contribution >= 0.6 is 0 Å². The lowest BCUT2D eigenvalue weighted by molar-refractivity contribution is -0.136. The summed E-state index contributed by atoms with van der Waals surface area (Å²) < 4.78 is 38.6. The second kappa shape index (κ2) is 6.22. The predicted octanol–water partition coefficient (Wildman–Crippen LogP) is 3.11. The molecule has 0 bridgehead atoms. The van der Waals surface area contributed by atoms with Crippen LogP contribution in [0.4, 0.5) is 13.2 Å². The molecule has 0 aliphatic carbocycles. The molecule has 104 valence electrons. The quantitative estimate of drug-likeness (QED) is 0.854. The molecule has 0 fully saturated rings. The Morgan fingerprint density at radius 2 is 2.11 bits per heavy atom. The molecule has 0 saturated heterocycles. The highest BCUT2D eigenvalue weighted by Crippen LogP contribution is 2.28. The molecular formula is C12H20F3N3. The average Bonchev–Trinajstić information content (AvgIpc) is 2.59. The second-order valence-corrected chi connectivity index (χ2v) is 4.47. The highest BCUT2D eigenvalue weighted by atomic mass is 19.4. The predicted molar refractivity (Wildman–Crippen MR) is 64.3 cm³/mol. The van der Waals surface area contributed by atoms with Gasteiger partial charge < -0.3 is 5.32 Å². The number of hydrogen-bond acceptors (Lipinski definition) is 2. The van der Waals surface area contributed by atoms with Gasteiger partial charge in [0.25, 0.3) is 0 Å². The maximum atomic E-state index is 12.3. The molecule has 0 aliphatic rings. The molecule has 0 aliphatic heterocycles. The number of aromatic nitrogens is 2. The topological polar surface area (TPSA) is 29.9 Å². The molecule has 3 nitrogen and oxygen atoms in total. The molecule has 0 aromatic carbocycles. The molecule has 0 amide bonds. The first-order chi connectivity index (χ1) is 8.35. The SMILES string of the molecule is CCCNC(CCC(F)(F)F)c1cnn(C)c1C. The maximum Gasteiger partial charge on any atom is 0.389 e. The molecule has 1 rings (SSSR count). The monoisotopic (exact) mass is 263 g/mol. The number of hydrogen-bond donors (Lipinski definition) is 1. The number of nitrogens with one attached hydrogen (secondary N) is 1. The Kier molecular flexibility index (Phi) is 5.19. The Morgan fingerprint density at radius 1 is 1.44 bits per heavy atom. The third-order valence-corrected chi connectivity index (χ3v) is 3.01. The Morgan fingerprint density at radius 3 is 2.56 bits per heavy atom. The van der Waals surface area contributed by atoms with E-state index >= 15 is 0 Å². The van der Waals surface area contributed by atoms with Gasteiger partial charge in [-0.05, 0) is 26.3 Å². The standard InChI is InChI=1S/C12H20F3N3/c1-4-7-16-11(5-6-12(13,14)15)10-8-17-18(3)9(10)2/h8,11,16H,4-7H2,1-3H3. The molecule has 0 spiro atoms. The van der Waals surface area contributed by atoms with E-state index in [1.165, 1.54) is 0 Å². The van der Waals surface area contributed by atoms with Crippen molar-refractivity contribution in [1.29, 1.82) is 0 Å². The zero-order valence-electron chi connectivity index (χ0n) is 11.0. The third-order valence-electron chi connectivity index (χ3n) is 3.01. The van der Waals surface area contributed by atoms with Crippen molar-refractivity contribution >= 4 is 0 Å². The van der Waals surface area contributed by atoms with Crippen molar-refractivity contribution in [3.05, 3.63) is 17.5 Å². The second-order valence-electron chi connectivity index (χ2n) is 4.47. The molecule has 1 atom stereocenters. The van der Waals surface area contributed by atoms with Crippen molar-refractivity contribution in [2.45, 2.75) is 45.3 Å². The van der Waals surface area contributed by atoms with Gasteiger partial charge in [0.15, 0.2) is 0 Å². The molecule has 0 saturated carbocycles. The molecule has 6 heteroatoms. The van der Waals surface area contributed by atoms with Crippen molar-refractivity contribution in [2.24, 2.45) is 7.05 Å². The van der Waals surface area contributed by atoms with Crippen LogP contribution < -0.4 is 5.32 Å². The first-order valence-corrected chi connectivity index (χ1v) is 6.13. The van der Waals surface area contributed by atoms with Gasteiger partial charge in [-0.3, -0.25) is 4.68 Å². The summed E-state index contributed by atoms with van der Waals surface area (Å²) in [6, 6.07) is -0.278. The van der Waals surface area contributed by atoms with E-state index < -0.39 is 12.6 Å². The van der Waals surface area contributed by atoms with Crippen LogP contribution in [0.1, 0.15) is 43.5 Å². The Balaban J connectivity index is 2.75. The van der Waals surface area contributed by atoms with Crippen LogP contribution in [0.15, 0.2) is 6.20 Å². The van der Waals surface area contributed by atoms with Gasteiger partial charge in [0.05, 0.1) is 6.20 Å². The lowest BCUT2D eigenvalue weighted by Gasteiger charge is -2.19. The summed E-state index contributed by atoms with van der Waals surface area (Å²) in [5, 5.41) is 7.24. The summed E-state index contributed by atoms with van der Waals surface area (Å²) >= 11 is 0.